The van der Waals surface area contributed by atoms with Gasteiger partial charge in [-0.05, 0) is 204 Å². The van der Waals surface area contributed by atoms with Gasteiger partial charge in [0.05, 0.1) is 58.6 Å². The monoisotopic (exact) mass is 1750 g/mol. The molecule has 5 saturated heterocycles. The number of piperidine rings is 5. The summed E-state index contributed by atoms with van der Waals surface area (Å²) in [5.74, 6) is 5.54. The number of H-pyrrole nitrogens is 1. The van der Waals surface area contributed by atoms with Crippen molar-refractivity contribution in [1.29, 1.82) is 0 Å². The number of hydrogen-bond donors (Lipinski definition) is 9. The Morgan fingerprint density at radius 1 is 0.417 bits per heavy atom. The molecular weight excluding hydrogens is 1640 g/mol. The Balaban J connectivity index is 0.000000147. The number of fused-ring (bicyclic) bond motifs is 5. The number of hydrogen-bond acceptors (Lipinski definition) is 28. The van der Waals surface area contributed by atoms with Crippen LogP contribution in [0.3, 0.4) is 0 Å². The summed E-state index contributed by atoms with van der Waals surface area (Å²) >= 11 is 0. The molecule has 0 spiro atoms. The number of nitrogens with one attached hydrogen (secondary N) is 6. The van der Waals surface area contributed by atoms with E-state index in [1.54, 1.807) is 12.1 Å². The Morgan fingerprint density at radius 2 is 0.817 bits per heavy atom. The van der Waals surface area contributed by atoms with Crippen LogP contribution in [0.25, 0.3) is 54.5 Å². The SMILES string of the molecule is Cc1cc(O)c2ncnc(N3CCCC(CNS(C)(=O)=O)C3)c2c1.Cc1cc2c(N3CCCC(CNS(C)(=O)=O)C3)ncnc2cc1O.Cc1ccc2[nH]c(=O)nc(N3CCCC(CNS(C)(=O)=O)C3)c2c1.Cc1ccc2c(c1)c(N1CCCC(CNS(C)(=O)=O)C1)nc[n+]2[O-].Cc1ccc2ncnc(N3CCCC(CNS(C)(=O)=O)C3)c2c1O. The van der Waals surface area contributed by atoms with Crippen LogP contribution in [0.1, 0.15) is 92.0 Å². The Hall–Kier alpha value is -9.65. The number of aromatic nitrogens is 10. The molecule has 0 radical (unpaired) electrons. The Morgan fingerprint density at radius 3 is 1.29 bits per heavy atom. The second-order valence-electron chi connectivity index (χ2n) is 32.3. The third-order valence-corrected chi connectivity index (χ3v) is 25.2. The van der Waals surface area contributed by atoms with E-state index in [1.165, 1.54) is 56.6 Å². The van der Waals surface area contributed by atoms with Crippen molar-refractivity contribution in [3.05, 3.63) is 142 Å². The second kappa shape index (κ2) is 39.5. The average molecular weight is 1750 g/mol. The standard InChI is InChI=1S/5C16H22N4O3S/c1-12-5-6-15-14(8-12)16(17-11-20(15)21)19-7-3-4-13(10-19)9-18-24(2,22)23;1-11-5-6-13-14(15(11)21)16(18-10-17-13)20-7-3-4-12(9-20)8-19-24(2,22)23;1-11-5-6-14-13(8-11)15(19-16(21)18-14)20-7-3-4-12(10-20)9-17-24(2,22)23;1-11-6-13-14(7-15(11)21)17-10-18-16(13)20-5-3-4-12(9-20)8-19-24(2,22)23;1-11-6-13-15(14(21)7-11)17-10-18-16(13)20-5-3-4-12(9-20)8-19-24(2,22)23/h5-6,8,11,13,18H,3-4,7,9-10H2,1-2H3;5-6,10,12,19,21H,3-4,7-9H2,1-2H3;5-6,8,12,17H,3-4,7,9-10H2,1-2H3,(H,18,19,21);2*6-7,10,12,19,21H,3-5,8-9H2,1-2H3. The van der Waals surface area contributed by atoms with E-state index in [9.17, 15) is 67.4 Å². The second-order valence-corrected chi connectivity index (χ2v) is 41.4. The van der Waals surface area contributed by atoms with Gasteiger partial charge >= 0.3 is 5.69 Å². The summed E-state index contributed by atoms with van der Waals surface area (Å²) in [6.07, 6.45) is 21.3. The fraction of sp³-hybridized carbons (Fsp3) is 0.500. The minimum Gasteiger partial charge on any atom is -0.710 e. The van der Waals surface area contributed by atoms with Crippen molar-refractivity contribution in [3.63, 3.8) is 0 Å². The van der Waals surface area contributed by atoms with Crippen molar-refractivity contribution in [2.45, 2.75) is 98.8 Å². The molecule has 0 saturated carbocycles. The van der Waals surface area contributed by atoms with Gasteiger partial charge in [0.15, 0.2) is 0 Å². The number of aromatic hydroxyl groups is 3. The number of phenolic OH excluding ortho intramolecular Hbond substituents is 3. The Bertz CT molecular complexity index is 5920. The minimum atomic E-state index is -3.19. The third-order valence-electron chi connectivity index (χ3n) is 21.8. The first kappa shape index (κ1) is 91.1. The molecule has 35 nitrogen and oxygen atoms in total. The highest BCUT2D eigenvalue weighted by molar-refractivity contribution is 7.89. The van der Waals surface area contributed by atoms with E-state index in [0.29, 0.717) is 84.9 Å². The van der Waals surface area contributed by atoms with Crippen LogP contribution in [0.5, 0.6) is 17.2 Å². The van der Waals surface area contributed by atoms with E-state index in [0.717, 1.165) is 194 Å². The number of aryl methyl sites for hydroxylation is 5. The molecule has 650 valence electrons. The molecule has 5 aliphatic heterocycles. The van der Waals surface area contributed by atoms with Crippen LogP contribution >= 0.6 is 0 Å². The third kappa shape index (κ3) is 25.7. The maximum atomic E-state index is 12.0. The van der Waals surface area contributed by atoms with Gasteiger partial charge in [0.1, 0.15) is 70.5 Å². The summed E-state index contributed by atoms with van der Waals surface area (Å²) in [5.41, 5.74) is 7.65. The Kier molecular flexibility index (Phi) is 30.0. The zero-order valence-corrected chi connectivity index (χ0v) is 73.4. The lowest BCUT2D eigenvalue weighted by Crippen LogP contribution is -2.41. The zero-order valence-electron chi connectivity index (χ0n) is 69.3. The van der Waals surface area contributed by atoms with E-state index >= 15 is 0 Å². The topological polar surface area (TPSA) is 471 Å². The van der Waals surface area contributed by atoms with Crippen molar-refractivity contribution in [2.24, 2.45) is 29.6 Å². The quantitative estimate of drug-likeness (QED) is 0.0304. The highest BCUT2D eigenvalue weighted by atomic mass is 32.2. The van der Waals surface area contributed by atoms with Crippen LogP contribution in [0, 0.1) is 69.4 Å². The fourth-order valence-electron chi connectivity index (χ4n) is 15.9. The maximum absolute atomic E-state index is 12.0. The lowest BCUT2D eigenvalue weighted by Gasteiger charge is -2.34. The van der Waals surface area contributed by atoms with Crippen molar-refractivity contribution in [1.82, 2.24) is 68.5 Å². The molecule has 10 heterocycles. The number of rotatable bonds is 20. The molecule has 0 aliphatic carbocycles. The Labute approximate surface area is 701 Å². The number of sulfonamides is 5. The van der Waals surface area contributed by atoms with Gasteiger partial charge in [-0.1, -0.05) is 23.8 Å². The number of phenols is 3. The van der Waals surface area contributed by atoms with Crippen molar-refractivity contribution in [2.75, 3.05) is 154 Å². The van der Waals surface area contributed by atoms with Gasteiger partial charge < -0.3 is 50.0 Å². The maximum Gasteiger partial charge on any atom is 0.347 e. The predicted octanol–water partition coefficient (Wildman–Crippen LogP) is 6.17. The molecule has 120 heavy (non-hydrogen) atoms. The highest BCUT2D eigenvalue weighted by Crippen LogP contribution is 2.38. The molecule has 5 fully saturated rings. The minimum absolute atomic E-state index is 0.154. The summed E-state index contributed by atoms with van der Waals surface area (Å²) in [5, 5.41) is 46.5. The van der Waals surface area contributed by atoms with Crippen LogP contribution < -0.4 is 58.5 Å². The van der Waals surface area contributed by atoms with Crippen LogP contribution in [0.15, 0.2) is 103 Å². The average Bonchev–Trinajstić information content (AvgIpc) is 0.811. The van der Waals surface area contributed by atoms with E-state index in [-0.39, 0.29) is 52.5 Å². The summed E-state index contributed by atoms with van der Waals surface area (Å²) < 4.78 is 127. The van der Waals surface area contributed by atoms with Gasteiger partial charge in [0, 0.05) is 120 Å². The van der Waals surface area contributed by atoms with Crippen molar-refractivity contribution < 1.29 is 62.1 Å². The van der Waals surface area contributed by atoms with E-state index in [2.05, 4.69) is 93.0 Å². The molecule has 0 amide bonds. The first-order chi connectivity index (χ1) is 56.7. The summed E-state index contributed by atoms with van der Waals surface area (Å²) in [6.45, 7) is 19.6. The van der Waals surface area contributed by atoms with E-state index in [4.69, 9.17) is 0 Å². The molecular formula is C80H110N20O15S5. The normalized spacial score (nSPS) is 18.9. The van der Waals surface area contributed by atoms with Crippen LogP contribution in [0.4, 0.5) is 29.1 Å². The number of aromatic amines is 1. The van der Waals surface area contributed by atoms with Crippen LogP contribution in [0.2, 0.25) is 0 Å². The highest BCUT2D eigenvalue weighted by Gasteiger charge is 2.31. The lowest BCUT2D eigenvalue weighted by molar-refractivity contribution is -0.580. The summed E-state index contributed by atoms with van der Waals surface area (Å²) in [6, 6.07) is 22.5. The van der Waals surface area contributed by atoms with Crippen molar-refractivity contribution in [3.8, 4) is 17.2 Å². The van der Waals surface area contributed by atoms with Gasteiger partial charge in [-0.15, -0.1) is 0 Å². The summed E-state index contributed by atoms with van der Waals surface area (Å²) in [7, 11) is -15.9. The lowest BCUT2D eigenvalue weighted by atomic mass is 9.98. The predicted molar refractivity (Wildman–Crippen MR) is 469 cm³/mol. The zero-order chi connectivity index (χ0) is 86.6. The van der Waals surface area contributed by atoms with E-state index < -0.39 is 50.1 Å². The molecule has 0 bridgehead atoms. The molecule has 5 unspecified atom stereocenters. The van der Waals surface area contributed by atoms with Crippen molar-refractivity contribution >= 4 is 134 Å². The van der Waals surface area contributed by atoms with E-state index in [1.807, 2.05) is 95.3 Å². The molecule has 5 aromatic carbocycles. The molecule has 15 rings (SSSR count). The molecule has 5 atom stereocenters. The van der Waals surface area contributed by atoms with Gasteiger partial charge in [-0.25, -0.2) is 105 Å². The molecule has 9 N–H and O–H groups in total. The molecule has 5 aromatic heterocycles. The largest absolute Gasteiger partial charge is 0.710 e. The smallest absolute Gasteiger partial charge is 0.347 e. The number of nitrogens with zero attached hydrogens (tertiary/aromatic N) is 14. The fourth-order valence-corrected chi connectivity index (χ4v) is 18.6. The molecule has 40 heteroatoms. The van der Waals surface area contributed by atoms with Gasteiger partial charge in [-0.2, -0.15) is 4.98 Å². The molecule has 5 aliphatic rings. The van der Waals surface area contributed by atoms with Gasteiger partial charge in [0.2, 0.25) is 50.1 Å². The first-order valence-electron chi connectivity index (χ1n) is 40.0. The first-order valence-corrected chi connectivity index (χ1v) is 49.4. The molecule has 10 aromatic rings. The number of benzene rings is 5. The number of anilines is 5. The van der Waals surface area contributed by atoms with Crippen LogP contribution in [-0.2, 0) is 50.1 Å². The van der Waals surface area contributed by atoms with Gasteiger partial charge in [-0.3, -0.25) is 0 Å². The summed E-state index contributed by atoms with van der Waals surface area (Å²) in [4.78, 5) is 59.8. The van der Waals surface area contributed by atoms with Crippen LogP contribution in [-0.4, -0.2) is 232 Å². The van der Waals surface area contributed by atoms with Gasteiger partial charge in [0.25, 0.3) is 12.1 Å².